The summed E-state index contributed by atoms with van der Waals surface area (Å²) in [4.78, 5) is 32.4. The Morgan fingerprint density at radius 2 is 1.65 bits per heavy atom. The van der Waals surface area contributed by atoms with E-state index in [9.17, 15) is 14.4 Å². The standard InChI is InChI=1S/C9H16N2O4.C2H6/c1-5(2)8(9(14)15)11-7(13)4-10-6(3)12;1-2/h5,8H,4H2,1-3H3,(H,10,12)(H,11,13)(H,14,15);1-2H3. The summed E-state index contributed by atoms with van der Waals surface area (Å²) in [5.74, 6) is -2.13. The lowest BCUT2D eigenvalue weighted by atomic mass is 10.1. The number of hydrogen-bond donors (Lipinski definition) is 3. The van der Waals surface area contributed by atoms with Crippen LogP contribution in [0.4, 0.5) is 0 Å². The van der Waals surface area contributed by atoms with Crippen LogP contribution in [0, 0.1) is 5.92 Å². The Morgan fingerprint density at radius 1 is 1.18 bits per heavy atom. The van der Waals surface area contributed by atoms with Gasteiger partial charge < -0.3 is 15.7 Å². The zero-order chi connectivity index (χ0) is 14.0. The van der Waals surface area contributed by atoms with E-state index in [2.05, 4.69) is 10.6 Å². The number of carboxylic acid groups (broad SMARTS) is 1. The zero-order valence-corrected chi connectivity index (χ0v) is 11.0. The van der Waals surface area contributed by atoms with E-state index in [1.165, 1.54) is 6.92 Å². The van der Waals surface area contributed by atoms with Gasteiger partial charge in [-0.2, -0.15) is 0 Å². The minimum Gasteiger partial charge on any atom is -0.480 e. The molecule has 0 bridgehead atoms. The molecule has 0 aliphatic carbocycles. The van der Waals surface area contributed by atoms with Gasteiger partial charge in [-0.15, -0.1) is 0 Å². The molecule has 0 saturated heterocycles. The third-order valence-corrected chi connectivity index (χ3v) is 1.75. The first kappa shape index (κ1) is 17.8. The highest BCUT2D eigenvalue weighted by atomic mass is 16.4. The van der Waals surface area contributed by atoms with Gasteiger partial charge in [-0.05, 0) is 5.92 Å². The van der Waals surface area contributed by atoms with Gasteiger partial charge in [0.25, 0.3) is 0 Å². The molecule has 0 aromatic rings. The lowest BCUT2D eigenvalue weighted by molar-refractivity contribution is -0.143. The Kier molecular flexibility index (Phi) is 10.1. The van der Waals surface area contributed by atoms with Crippen molar-refractivity contribution in [3.63, 3.8) is 0 Å². The fraction of sp³-hybridized carbons (Fsp3) is 0.727. The third kappa shape index (κ3) is 9.35. The molecule has 6 heteroatoms. The van der Waals surface area contributed by atoms with Crippen LogP contribution < -0.4 is 10.6 Å². The van der Waals surface area contributed by atoms with Crippen LogP contribution in [0.5, 0.6) is 0 Å². The normalized spacial score (nSPS) is 10.9. The topological polar surface area (TPSA) is 95.5 Å². The summed E-state index contributed by atoms with van der Waals surface area (Å²) in [5.41, 5.74) is 0. The van der Waals surface area contributed by atoms with Crippen LogP contribution in [0.1, 0.15) is 34.6 Å². The van der Waals surface area contributed by atoms with Crippen molar-refractivity contribution in [1.82, 2.24) is 10.6 Å². The van der Waals surface area contributed by atoms with Gasteiger partial charge in [0.05, 0.1) is 6.54 Å². The van der Waals surface area contributed by atoms with Crippen LogP contribution in [0.25, 0.3) is 0 Å². The second-order valence-corrected chi connectivity index (χ2v) is 3.54. The summed E-state index contributed by atoms with van der Waals surface area (Å²) >= 11 is 0. The van der Waals surface area contributed by atoms with E-state index in [0.717, 1.165) is 0 Å². The van der Waals surface area contributed by atoms with E-state index in [1.807, 2.05) is 13.8 Å². The number of rotatable bonds is 5. The first-order chi connectivity index (χ1) is 7.84. The highest BCUT2D eigenvalue weighted by molar-refractivity contribution is 5.87. The molecular weight excluding hydrogens is 224 g/mol. The maximum atomic E-state index is 11.2. The minimum absolute atomic E-state index is 0.203. The fourth-order valence-corrected chi connectivity index (χ4v) is 0.943. The van der Waals surface area contributed by atoms with E-state index in [-0.39, 0.29) is 18.4 Å². The molecule has 1 unspecified atom stereocenters. The summed E-state index contributed by atoms with van der Waals surface area (Å²) in [6.07, 6.45) is 0. The molecule has 17 heavy (non-hydrogen) atoms. The van der Waals surface area contributed by atoms with Crippen molar-refractivity contribution in [1.29, 1.82) is 0 Å². The summed E-state index contributed by atoms with van der Waals surface area (Å²) in [6, 6.07) is -0.925. The molecule has 0 rings (SSSR count). The smallest absolute Gasteiger partial charge is 0.326 e. The van der Waals surface area contributed by atoms with Crippen molar-refractivity contribution >= 4 is 17.8 Å². The van der Waals surface area contributed by atoms with Gasteiger partial charge in [0.15, 0.2) is 0 Å². The average molecular weight is 246 g/mol. The lowest BCUT2D eigenvalue weighted by Crippen LogP contribution is -2.47. The van der Waals surface area contributed by atoms with Crippen LogP contribution in [-0.4, -0.2) is 35.5 Å². The first-order valence-electron chi connectivity index (χ1n) is 5.61. The van der Waals surface area contributed by atoms with Crippen molar-refractivity contribution in [3.8, 4) is 0 Å². The van der Waals surface area contributed by atoms with Crippen molar-refractivity contribution in [3.05, 3.63) is 0 Å². The molecule has 0 saturated carbocycles. The predicted octanol–water partition coefficient (Wildman–Crippen LogP) is 0.374. The Bertz CT molecular complexity index is 264. The van der Waals surface area contributed by atoms with Crippen LogP contribution in [-0.2, 0) is 14.4 Å². The van der Waals surface area contributed by atoms with Gasteiger partial charge in [-0.3, -0.25) is 9.59 Å². The molecule has 6 nitrogen and oxygen atoms in total. The second-order valence-electron chi connectivity index (χ2n) is 3.54. The Hall–Kier alpha value is -1.59. The monoisotopic (exact) mass is 246 g/mol. The molecule has 0 aliphatic heterocycles. The summed E-state index contributed by atoms with van der Waals surface area (Å²) in [6.45, 7) is 8.46. The Morgan fingerprint density at radius 3 is 1.94 bits per heavy atom. The number of carboxylic acids is 1. The fourth-order valence-electron chi connectivity index (χ4n) is 0.943. The average Bonchev–Trinajstić information content (AvgIpc) is 2.25. The van der Waals surface area contributed by atoms with Crippen molar-refractivity contribution in [2.75, 3.05) is 6.54 Å². The van der Waals surface area contributed by atoms with Gasteiger partial charge in [-0.1, -0.05) is 27.7 Å². The number of nitrogens with one attached hydrogen (secondary N) is 2. The van der Waals surface area contributed by atoms with Crippen molar-refractivity contribution in [2.45, 2.75) is 40.7 Å². The van der Waals surface area contributed by atoms with Crippen LogP contribution >= 0.6 is 0 Å². The van der Waals surface area contributed by atoms with Crippen LogP contribution in [0.3, 0.4) is 0 Å². The van der Waals surface area contributed by atoms with E-state index >= 15 is 0 Å². The van der Waals surface area contributed by atoms with E-state index in [4.69, 9.17) is 5.11 Å². The van der Waals surface area contributed by atoms with Crippen molar-refractivity contribution in [2.24, 2.45) is 5.92 Å². The van der Waals surface area contributed by atoms with E-state index < -0.39 is 17.9 Å². The Balaban J connectivity index is 0. The minimum atomic E-state index is -1.08. The largest absolute Gasteiger partial charge is 0.480 e. The highest BCUT2D eigenvalue weighted by Gasteiger charge is 2.22. The molecule has 0 fully saturated rings. The molecular formula is C11H22N2O4. The number of aliphatic carboxylic acids is 1. The van der Waals surface area contributed by atoms with Crippen LogP contribution in [0.2, 0.25) is 0 Å². The molecule has 0 spiro atoms. The Labute approximate surface area is 102 Å². The molecule has 0 aromatic carbocycles. The maximum Gasteiger partial charge on any atom is 0.326 e. The summed E-state index contributed by atoms with van der Waals surface area (Å²) in [5, 5.41) is 13.4. The third-order valence-electron chi connectivity index (χ3n) is 1.75. The summed E-state index contributed by atoms with van der Waals surface area (Å²) in [7, 11) is 0. The molecule has 0 aromatic heterocycles. The molecule has 1 atom stereocenters. The van der Waals surface area contributed by atoms with E-state index in [0.29, 0.717) is 0 Å². The number of carbonyl (C=O) groups excluding carboxylic acids is 2. The second kappa shape index (κ2) is 9.62. The highest BCUT2D eigenvalue weighted by Crippen LogP contribution is 2.00. The molecule has 0 heterocycles. The van der Waals surface area contributed by atoms with Gasteiger partial charge in [0, 0.05) is 6.92 Å². The van der Waals surface area contributed by atoms with Gasteiger partial charge >= 0.3 is 5.97 Å². The molecule has 100 valence electrons. The quantitative estimate of drug-likeness (QED) is 0.653. The molecule has 2 amide bonds. The van der Waals surface area contributed by atoms with Crippen molar-refractivity contribution < 1.29 is 19.5 Å². The van der Waals surface area contributed by atoms with E-state index in [1.54, 1.807) is 13.8 Å². The predicted molar refractivity (Wildman–Crippen MR) is 64.4 cm³/mol. The van der Waals surface area contributed by atoms with Gasteiger partial charge in [-0.25, -0.2) is 4.79 Å². The van der Waals surface area contributed by atoms with Gasteiger partial charge in [0.1, 0.15) is 6.04 Å². The molecule has 0 aliphatic rings. The summed E-state index contributed by atoms with van der Waals surface area (Å²) < 4.78 is 0. The van der Waals surface area contributed by atoms with Gasteiger partial charge in [0.2, 0.25) is 11.8 Å². The zero-order valence-electron chi connectivity index (χ0n) is 11.0. The molecule has 3 N–H and O–H groups in total. The van der Waals surface area contributed by atoms with Crippen LogP contribution in [0.15, 0.2) is 0 Å². The SMILES string of the molecule is CC.CC(=O)NCC(=O)NC(C(=O)O)C(C)C. The maximum absolute atomic E-state index is 11.2. The molecule has 0 radical (unpaired) electrons. The number of hydrogen-bond acceptors (Lipinski definition) is 3. The first-order valence-corrected chi connectivity index (χ1v) is 5.61. The lowest BCUT2D eigenvalue weighted by Gasteiger charge is -2.17. The number of carbonyl (C=O) groups is 3. The number of amides is 2.